The topological polar surface area (TPSA) is 64.6 Å². The van der Waals surface area contributed by atoms with Gasteiger partial charge in [0.1, 0.15) is 10.7 Å². The summed E-state index contributed by atoms with van der Waals surface area (Å²) in [6, 6.07) is 8.69. The van der Waals surface area contributed by atoms with Crippen molar-refractivity contribution in [2.75, 3.05) is 13.2 Å². The fourth-order valence-corrected chi connectivity index (χ4v) is 3.19. The number of carbonyl (C=O) groups is 2. The van der Waals surface area contributed by atoms with Gasteiger partial charge in [-0.15, -0.1) is 11.3 Å². The average Bonchev–Trinajstić information content (AvgIpc) is 3.31. The number of thiophene rings is 1. The normalized spacial score (nSPS) is 17.9. The lowest BCUT2D eigenvalue weighted by Gasteiger charge is -2.19. The van der Waals surface area contributed by atoms with E-state index in [9.17, 15) is 14.0 Å². The van der Waals surface area contributed by atoms with Crippen LogP contribution in [0.4, 0.5) is 4.39 Å². The summed E-state index contributed by atoms with van der Waals surface area (Å²) in [5.41, 5.74) is 0.413. The molecule has 5 nitrogen and oxygen atoms in total. The van der Waals surface area contributed by atoms with Crippen molar-refractivity contribution >= 4 is 23.2 Å². The van der Waals surface area contributed by atoms with Crippen molar-refractivity contribution in [2.45, 2.75) is 25.0 Å². The molecule has 0 radical (unpaired) electrons. The molecule has 1 aliphatic rings. The van der Waals surface area contributed by atoms with Crippen LogP contribution in [-0.2, 0) is 14.3 Å². The maximum Gasteiger partial charge on any atom is 0.349 e. The van der Waals surface area contributed by atoms with Crippen molar-refractivity contribution in [1.29, 1.82) is 0 Å². The molecule has 0 saturated carbocycles. The van der Waals surface area contributed by atoms with Crippen molar-refractivity contribution in [2.24, 2.45) is 0 Å². The van der Waals surface area contributed by atoms with Gasteiger partial charge in [0.25, 0.3) is 5.91 Å². The molecule has 0 spiro atoms. The highest BCUT2D eigenvalue weighted by Crippen LogP contribution is 2.22. The van der Waals surface area contributed by atoms with E-state index in [2.05, 4.69) is 5.32 Å². The van der Waals surface area contributed by atoms with Gasteiger partial charge in [-0.05, 0) is 36.4 Å². The molecular weight excluding hydrogens is 345 g/mol. The second-order valence-corrected chi connectivity index (χ2v) is 6.64. The number of amides is 1. The van der Waals surface area contributed by atoms with E-state index in [1.54, 1.807) is 17.5 Å². The van der Waals surface area contributed by atoms with Crippen LogP contribution in [-0.4, -0.2) is 31.1 Å². The Balaban J connectivity index is 1.72. The third kappa shape index (κ3) is 4.64. The summed E-state index contributed by atoms with van der Waals surface area (Å²) < 4.78 is 24.0. The van der Waals surface area contributed by atoms with E-state index in [0.29, 0.717) is 23.6 Å². The Kier molecular flexibility index (Phi) is 5.78. The molecule has 1 aromatic carbocycles. The Bertz CT molecular complexity index is 711. The highest BCUT2D eigenvalue weighted by atomic mass is 32.1. The minimum atomic E-state index is -1.14. The number of nitrogens with one attached hydrogen (secondary N) is 1. The van der Waals surface area contributed by atoms with E-state index in [1.165, 1.54) is 35.6 Å². The first-order chi connectivity index (χ1) is 12.1. The Morgan fingerprint density at radius 1 is 1.32 bits per heavy atom. The van der Waals surface area contributed by atoms with Crippen LogP contribution in [0.3, 0.4) is 0 Å². The van der Waals surface area contributed by atoms with Crippen LogP contribution in [0, 0.1) is 5.82 Å². The summed E-state index contributed by atoms with van der Waals surface area (Å²) in [5.74, 6) is -1.46. The molecule has 0 unspecified atom stereocenters. The summed E-state index contributed by atoms with van der Waals surface area (Å²) in [6.07, 6.45) is 0.689. The van der Waals surface area contributed by atoms with Gasteiger partial charge in [0.15, 0.2) is 0 Å². The van der Waals surface area contributed by atoms with Gasteiger partial charge in [0.05, 0.1) is 6.10 Å². The predicted octanol–water partition coefficient (Wildman–Crippen LogP) is 3.08. The molecule has 1 amide bonds. The fourth-order valence-electron chi connectivity index (χ4n) is 2.58. The molecule has 0 aliphatic carbocycles. The first kappa shape index (κ1) is 17.6. The standard InChI is InChI=1S/C18H18FNO4S/c19-13-7-5-12(6-8-13)16(24-18(22)15-4-2-10-25-15)17(21)20-11-14-3-1-9-23-14/h2,4-8,10,14,16H,1,3,9,11H2,(H,20,21)/t14-,16-/m0/s1. The molecule has 1 fully saturated rings. The second kappa shape index (κ2) is 8.22. The molecule has 25 heavy (non-hydrogen) atoms. The zero-order valence-corrected chi connectivity index (χ0v) is 14.3. The number of rotatable bonds is 6. The lowest BCUT2D eigenvalue weighted by atomic mass is 10.1. The molecule has 0 bridgehead atoms. The van der Waals surface area contributed by atoms with E-state index in [1.807, 2.05) is 0 Å². The molecule has 1 N–H and O–H groups in total. The van der Waals surface area contributed by atoms with Crippen LogP contribution in [0.2, 0.25) is 0 Å². The Labute approximate surface area is 148 Å². The number of hydrogen-bond donors (Lipinski definition) is 1. The maximum absolute atomic E-state index is 13.2. The monoisotopic (exact) mass is 363 g/mol. The molecule has 7 heteroatoms. The summed E-state index contributed by atoms with van der Waals surface area (Å²) in [6.45, 7) is 1.04. The molecule has 1 aliphatic heterocycles. The zero-order chi connectivity index (χ0) is 17.6. The van der Waals surface area contributed by atoms with Gasteiger partial charge in [-0.25, -0.2) is 9.18 Å². The minimum Gasteiger partial charge on any atom is -0.443 e. The van der Waals surface area contributed by atoms with E-state index in [-0.39, 0.29) is 6.10 Å². The molecule has 3 rings (SSSR count). The van der Waals surface area contributed by atoms with Gasteiger partial charge in [-0.2, -0.15) is 0 Å². The van der Waals surface area contributed by atoms with Crippen molar-refractivity contribution < 1.29 is 23.5 Å². The third-order valence-corrected chi connectivity index (χ3v) is 4.74. The van der Waals surface area contributed by atoms with Gasteiger partial charge >= 0.3 is 5.97 Å². The summed E-state index contributed by atoms with van der Waals surface area (Å²) in [4.78, 5) is 25.2. The van der Waals surface area contributed by atoms with Crippen LogP contribution < -0.4 is 5.32 Å². The summed E-state index contributed by atoms with van der Waals surface area (Å²) >= 11 is 1.23. The van der Waals surface area contributed by atoms with Crippen LogP contribution in [0.15, 0.2) is 41.8 Å². The van der Waals surface area contributed by atoms with Crippen LogP contribution in [0.25, 0.3) is 0 Å². The van der Waals surface area contributed by atoms with Crippen molar-refractivity contribution in [3.8, 4) is 0 Å². The van der Waals surface area contributed by atoms with Crippen LogP contribution >= 0.6 is 11.3 Å². The molecule has 2 aromatic rings. The van der Waals surface area contributed by atoms with Crippen LogP contribution in [0.1, 0.15) is 34.2 Å². The second-order valence-electron chi connectivity index (χ2n) is 5.69. The average molecular weight is 363 g/mol. The third-order valence-electron chi connectivity index (χ3n) is 3.89. The molecule has 2 atom stereocenters. The highest BCUT2D eigenvalue weighted by molar-refractivity contribution is 7.11. The number of ether oxygens (including phenoxy) is 2. The van der Waals surface area contributed by atoms with E-state index in [0.717, 1.165) is 12.8 Å². The number of carbonyl (C=O) groups excluding carboxylic acids is 2. The lowest BCUT2D eigenvalue weighted by Crippen LogP contribution is -2.36. The Morgan fingerprint density at radius 2 is 2.12 bits per heavy atom. The smallest absolute Gasteiger partial charge is 0.349 e. The van der Waals surface area contributed by atoms with E-state index >= 15 is 0 Å². The van der Waals surface area contributed by atoms with Gasteiger partial charge in [-0.3, -0.25) is 4.79 Å². The lowest BCUT2D eigenvalue weighted by molar-refractivity contribution is -0.130. The zero-order valence-electron chi connectivity index (χ0n) is 13.4. The van der Waals surface area contributed by atoms with Crippen molar-refractivity contribution in [3.05, 3.63) is 58.0 Å². The molecule has 1 aromatic heterocycles. The Morgan fingerprint density at radius 3 is 2.76 bits per heavy atom. The quantitative estimate of drug-likeness (QED) is 0.801. The number of esters is 1. The molecular formula is C18H18FNO4S. The summed E-state index contributed by atoms with van der Waals surface area (Å²) in [7, 11) is 0. The first-order valence-corrected chi connectivity index (χ1v) is 8.91. The van der Waals surface area contributed by atoms with Gasteiger partial charge in [0, 0.05) is 18.7 Å². The molecule has 2 heterocycles. The SMILES string of the molecule is O=C(O[C@H](C(=O)NC[C@@H]1CCCO1)c1ccc(F)cc1)c1cccs1. The van der Waals surface area contributed by atoms with Gasteiger partial charge in [0.2, 0.25) is 6.10 Å². The van der Waals surface area contributed by atoms with Gasteiger partial charge in [-0.1, -0.05) is 18.2 Å². The van der Waals surface area contributed by atoms with Crippen LogP contribution in [0.5, 0.6) is 0 Å². The number of hydrogen-bond acceptors (Lipinski definition) is 5. The molecule has 132 valence electrons. The Hall–Kier alpha value is -2.25. The summed E-state index contributed by atoms with van der Waals surface area (Å²) in [5, 5.41) is 4.51. The minimum absolute atomic E-state index is 0.0224. The number of halogens is 1. The van der Waals surface area contributed by atoms with Gasteiger partial charge < -0.3 is 14.8 Å². The van der Waals surface area contributed by atoms with E-state index in [4.69, 9.17) is 9.47 Å². The molecule has 1 saturated heterocycles. The van der Waals surface area contributed by atoms with E-state index < -0.39 is 23.8 Å². The largest absolute Gasteiger partial charge is 0.443 e. The van der Waals surface area contributed by atoms with Crippen molar-refractivity contribution in [1.82, 2.24) is 5.32 Å². The maximum atomic E-state index is 13.2. The highest BCUT2D eigenvalue weighted by Gasteiger charge is 2.27. The predicted molar refractivity (Wildman–Crippen MR) is 90.9 cm³/mol. The number of benzene rings is 1. The van der Waals surface area contributed by atoms with Crippen molar-refractivity contribution in [3.63, 3.8) is 0 Å². The first-order valence-electron chi connectivity index (χ1n) is 8.03. The fraction of sp³-hybridized carbons (Fsp3) is 0.333.